The SMILES string of the molecule is C[Si](C)(C)c1scc(P(c2ccccc2)c2ccccc2)c1P(c1ccccc1)c1ccccc1. The average Bonchev–Trinajstić information content (AvgIpc) is 3.32. The maximum absolute atomic E-state index is 2.51. The smallest absolute Gasteiger partial charge is 0.0913 e. The highest BCUT2D eigenvalue weighted by Crippen LogP contribution is 2.40. The molecule has 0 aliphatic carbocycles. The topological polar surface area (TPSA) is 0 Å². The summed E-state index contributed by atoms with van der Waals surface area (Å²) in [6.45, 7) is 7.51. The Morgan fingerprint density at radius 3 is 1.17 bits per heavy atom. The molecule has 0 N–H and O–H groups in total. The molecule has 1 aromatic heterocycles. The molecular formula is C31H30P2SSi. The van der Waals surface area contributed by atoms with Crippen molar-refractivity contribution < 1.29 is 0 Å². The molecule has 0 radical (unpaired) electrons. The molecule has 35 heavy (non-hydrogen) atoms. The fourth-order valence-corrected chi connectivity index (χ4v) is 15.0. The number of benzene rings is 4. The predicted octanol–water partition coefficient (Wildman–Crippen LogP) is 5.81. The molecule has 0 nitrogen and oxygen atoms in total. The van der Waals surface area contributed by atoms with Crippen LogP contribution in [0.5, 0.6) is 0 Å². The predicted molar refractivity (Wildman–Crippen MR) is 165 cm³/mol. The lowest BCUT2D eigenvalue weighted by atomic mass is 10.4. The summed E-state index contributed by atoms with van der Waals surface area (Å²) in [4.78, 5) is 0. The Labute approximate surface area is 217 Å². The van der Waals surface area contributed by atoms with Crippen molar-refractivity contribution in [3.05, 3.63) is 127 Å². The van der Waals surface area contributed by atoms with Crippen molar-refractivity contribution in [3.63, 3.8) is 0 Å². The van der Waals surface area contributed by atoms with E-state index in [0.29, 0.717) is 0 Å². The van der Waals surface area contributed by atoms with E-state index in [-0.39, 0.29) is 0 Å². The Kier molecular flexibility index (Phi) is 7.47. The van der Waals surface area contributed by atoms with Gasteiger partial charge in [0.2, 0.25) is 0 Å². The van der Waals surface area contributed by atoms with Gasteiger partial charge in [-0.05, 0) is 46.9 Å². The molecule has 0 atom stereocenters. The summed E-state index contributed by atoms with van der Waals surface area (Å²) in [5.41, 5.74) is 0. The lowest BCUT2D eigenvalue weighted by Gasteiger charge is -2.28. The highest BCUT2D eigenvalue weighted by Gasteiger charge is 2.34. The van der Waals surface area contributed by atoms with E-state index in [9.17, 15) is 0 Å². The second-order valence-electron chi connectivity index (χ2n) is 9.56. The van der Waals surface area contributed by atoms with Gasteiger partial charge in [0.05, 0.1) is 8.07 Å². The quantitative estimate of drug-likeness (QED) is 0.186. The molecule has 0 saturated heterocycles. The van der Waals surface area contributed by atoms with Gasteiger partial charge in [0.25, 0.3) is 0 Å². The van der Waals surface area contributed by atoms with Gasteiger partial charge in [-0.2, -0.15) is 11.3 Å². The van der Waals surface area contributed by atoms with Crippen molar-refractivity contribution in [2.75, 3.05) is 0 Å². The third-order valence-electron chi connectivity index (χ3n) is 5.95. The maximum atomic E-state index is 2.51. The molecule has 4 aromatic carbocycles. The minimum Gasteiger partial charge on any atom is -0.152 e. The number of hydrogen-bond acceptors (Lipinski definition) is 1. The highest BCUT2D eigenvalue weighted by atomic mass is 32.1. The zero-order valence-corrected chi connectivity index (χ0v) is 24.0. The molecule has 174 valence electrons. The summed E-state index contributed by atoms with van der Waals surface area (Å²) < 4.78 is 1.64. The standard InChI is InChI=1S/C31H30P2SSi/c1-35(2,3)31-30(33(27-20-12-6-13-21-27)28-22-14-7-15-23-28)29(24-34-31)32(25-16-8-4-9-17-25)26-18-10-5-11-19-26/h4-24H,1-3H3. The van der Waals surface area contributed by atoms with Gasteiger partial charge in [0, 0.05) is 10.6 Å². The molecule has 0 aliphatic heterocycles. The van der Waals surface area contributed by atoms with Crippen molar-refractivity contribution in [1.29, 1.82) is 0 Å². The first-order valence-electron chi connectivity index (χ1n) is 12.0. The Bertz CT molecular complexity index is 1280. The molecule has 0 aliphatic rings. The van der Waals surface area contributed by atoms with Gasteiger partial charge in [0.15, 0.2) is 0 Å². The molecule has 4 heteroatoms. The number of thiophene rings is 1. The lowest BCUT2D eigenvalue weighted by molar-refractivity contribution is 1.75. The van der Waals surface area contributed by atoms with Crippen LogP contribution < -0.4 is 36.3 Å². The van der Waals surface area contributed by atoms with Crippen molar-refractivity contribution in [2.45, 2.75) is 19.6 Å². The van der Waals surface area contributed by atoms with E-state index in [1.165, 1.54) is 21.2 Å². The molecule has 0 bridgehead atoms. The summed E-state index contributed by atoms with van der Waals surface area (Å²) in [6, 6.07) is 44.7. The zero-order chi connectivity index (χ0) is 24.3. The molecule has 0 spiro atoms. The summed E-state index contributed by atoms with van der Waals surface area (Å²) in [6.07, 6.45) is 0. The Morgan fingerprint density at radius 1 is 0.486 bits per heavy atom. The van der Waals surface area contributed by atoms with Crippen LogP contribution in [0.1, 0.15) is 0 Å². The Hall–Kier alpha value is -2.34. The van der Waals surface area contributed by atoms with Gasteiger partial charge in [-0.15, -0.1) is 0 Å². The van der Waals surface area contributed by atoms with Crippen LogP contribution in [0.2, 0.25) is 19.6 Å². The van der Waals surface area contributed by atoms with Crippen molar-refractivity contribution in [1.82, 2.24) is 0 Å². The van der Waals surface area contributed by atoms with Gasteiger partial charge in [-0.1, -0.05) is 141 Å². The number of rotatable bonds is 7. The average molecular weight is 525 g/mol. The second kappa shape index (κ2) is 10.7. The van der Waals surface area contributed by atoms with Gasteiger partial charge in [-0.3, -0.25) is 0 Å². The minimum atomic E-state index is -1.59. The van der Waals surface area contributed by atoms with Crippen LogP contribution in [-0.2, 0) is 0 Å². The molecule has 0 unspecified atom stereocenters. The van der Waals surface area contributed by atoms with Crippen LogP contribution in [-0.4, -0.2) is 8.07 Å². The summed E-state index contributed by atoms with van der Waals surface area (Å²) in [5, 5.41) is 11.4. The zero-order valence-electron chi connectivity index (χ0n) is 20.4. The lowest BCUT2D eigenvalue weighted by Crippen LogP contribution is -2.49. The third kappa shape index (κ3) is 5.27. The maximum Gasteiger partial charge on any atom is 0.0913 e. The Morgan fingerprint density at radius 2 is 0.829 bits per heavy atom. The van der Waals surface area contributed by atoms with Crippen LogP contribution in [0.3, 0.4) is 0 Å². The molecule has 5 aromatic rings. The van der Waals surface area contributed by atoms with Crippen LogP contribution in [0, 0.1) is 0 Å². The van der Waals surface area contributed by atoms with Crippen LogP contribution >= 0.6 is 27.2 Å². The van der Waals surface area contributed by atoms with Gasteiger partial charge < -0.3 is 0 Å². The molecule has 0 saturated carbocycles. The fraction of sp³-hybridized carbons (Fsp3) is 0.0968. The van der Waals surface area contributed by atoms with Crippen LogP contribution in [0.25, 0.3) is 0 Å². The summed E-state index contributed by atoms with van der Waals surface area (Å²) >= 11 is 2.01. The summed E-state index contributed by atoms with van der Waals surface area (Å²) in [7, 11) is -2.91. The van der Waals surface area contributed by atoms with Crippen LogP contribution in [0.4, 0.5) is 0 Å². The van der Waals surface area contributed by atoms with Crippen molar-refractivity contribution in [3.8, 4) is 0 Å². The molecule has 1 heterocycles. The van der Waals surface area contributed by atoms with E-state index < -0.39 is 23.9 Å². The first-order chi connectivity index (χ1) is 17.0. The molecular weight excluding hydrogens is 494 g/mol. The molecule has 5 rings (SSSR count). The van der Waals surface area contributed by atoms with Gasteiger partial charge in [-0.25, -0.2) is 0 Å². The normalized spacial score (nSPS) is 11.8. The molecule has 0 amide bonds. The largest absolute Gasteiger partial charge is 0.152 e. The first-order valence-corrected chi connectivity index (χ1v) is 19.0. The van der Waals surface area contributed by atoms with Crippen molar-refractivity contribution in [2.24, 2.45) is 0 Å². The molecule has 0 fully saturated rings. The summed E-state index contributed by atoms with van der Waals surface area (Å²) in [5.74, 6) is 0. The monoisotopic (exact) mass is 524 g/mol. The number of hydrogen-bond donors (Lipinski definition) is 0. The fourth-order valence-electron chi connectivity index (χ4n) is 4.39. The minimum absolute atomic E-state index is 0.657. The van der Waals surface area contributed by atoms with Crippen LogP contribution in [0.15, 0.2) is 127 Å². The third-order valence-corrected chi connectivity index (χ3v) is 16.3. The van der Waals surface area contributed by atoms with Gasteiger partial charge in [0.1, 0.15) is 0 Å². The van der Waals surface area contributed by atoms with E-state index in [0.717, 1.165) is 0 Å². The van der Waals surface area contributed by atoms with E-state index in [1.54, 1.807) is 15.1 Å². The van der Waals surface area contributed by atoms with E-state index in [4.69, 9.17) is 0 Å². The second-order valence-corrected chi connectivity index (χ2v) is 20.1. The van der Waals surface area contributed by atoms with Gasteiger partial charge >= 0.3 is 0 Å². The first kappa shape index (κ1) is 24.4. The van der Waals surface area contributed by atoms with E-state index >= 15 is 0 Å². The van der Waals surface area contributed by atoms with E-state index in [1.807, 2.05) is 11.3 Å². The van der Waals surface area contributed by atoms with E-state index in [2.05, 4.69) is 146 Å². The Balaban J connectivity index is 1.82. The highest BCUT2D eigenvalue weighted by molar-refractivity contribution is 7.86. The van der Waals surface area contributed by atoms with Crippen molar-refractivity contribution >= 4 is 71.6 Å².